The molecule has 0 saturated heterocycles. The minimum atomic E-state index is -0.329. The Labute approximate surface area is 185 Å². The number of nitrogens with one attached hydrogen (secondary N) is 2. The van der Waals surface area contributed by atoms with Crippen molar-refractivity contribution in [2.45, 2.75) is 33.9 Å². The Balaban J connectivity index is 1.63. The maximum atomic E-state index is 13.1. The van der Waals surface area contributed by atoms with Crippen molar-refractivity contribution < 1.29 is 14.0 Å². The van der Waals surface area contributed by atoms with Crippen LogP contribution in [0.3, 0.4) is 0 Å². The van der Waals surface area contributed by atoms with E-state index in [1.165, 1.54) is 16.8 Å². The lowest BCUT2D eigenvalue weighted by atomic mass is 10.1. The number of nitrogens with zero attached hydrogens (tertiary/aromatic N) is 2. The highest BCUT2D eigenvalue weighted by Crippen LogP contribution is 2.21. The molecule has 3 rings (SSSR count). The van der Waals surface area contributed by atoms with E-state index in [1.807, 2.05) is 26.0 Å². The van der Waals surface area contributed by atoms with Crippen LogP contribution in [-0.2, 0) is 17.9 Å². The van der Waals surface area contributed by atoms with Gasteiger partial charge in [-0.3, -0.25) is 9.59 Å². The second-order valence-corrected chi connectivity index (χ2v) is 7.92. The molecule has 0 spiro atoms. The van der Waals surface area contributed by atoms with Gasteiger partial charge in [0.05, 0.1) is 17.8 Å². The van der Waals surface area contributed by atoms with Crippen molar-refractivity contribution in [2.24, 2.45) is 5.92 Å². The van der Waals surface area contributed by atoms with Gasteiger partial charge >= 0.3 is 0 Å². The summed E-state index contributed by atoms with van der Waals surface area (Å²) >= 11 is 6.41. The Morgan fingerprint density at radius 1 is 1.06 bits per heavy atom. The fourth-order valence-electron chi connectivity index (χ4n) is 2.94. The largest absolute Gasteiger partial charge is 0.348 e. The zero-order valence-corrected chi connectivity index (χ0v) is 18.3. The summed E-state index contributed by atoms with van der Waals surface area (Å²) in [5.41, 5.74) is 3.22. The Morgan fingerprint density at radius 2 is 1.68 bits per heavy atom. The summed E-state index contributed by atoms with van der Waals surface area (Å²) in [4.78, 5) is 24.5. The maximum Gasteiger partial charge on any atom is 0.256 e. The van der Waals surface area contributed by atoms with Gasteiger partial charge in [0.15, 0.2) is 0 Å². The second kappa shape index (κ2) is 9.75. The number of benzene rings is 2. The molecule has 8 heteroatoms. The zero-order valence-electron chi connectivity index (χ0n) is 17.6. The molecular weight excluding hydrogens is 419 g/mol. The number of hydrogen-bond donors (Lipinski definition) is 2. The van der Waals surface area contributed by atoms with Crippen molar-refractivity contribution in [1.29, 1.82) is 0 Å². The van der Waals surface area contributed by atoms with E-state index in [1.54, 1.807) is 31.2 Å². The lowest BCUT2D eigenvalue weighted by Gasteiger charge is -2.09. The molecule has 1 heterocycles. The zero-order chi connectivity index (χ0) is 22.5. The molecule has 0 atom stereocenters. The van der Waals surface area contributed by atoms with Gasteiger partial charge in [-0.25, -0.2) is 9.07 Å². The van der Waals surface area contributed by atoms with Crippen LogP contribution >= 0.6 is 11.6 Å². The summed E-state index contributed by atoms with van der Waals surface area (Å²) in [6.45, 7) is 6.00. The number of carbonyl (C=O) groups is 2. The first-order chi connectivity index (χ1) is 14.7. The highest BCUT2D eigenvalue weighted by atomic mass is 35.5. The average Bonchev–Trinajstić information content (AvgIpc) is 3.01. The van der Waals surface area contributed by atoms with Gasteiger partial charge < -0.3 is 10.6 Å². The molecule has 0 aliphatic rings. The first-order valence-corrected chi connectivity index (χ1v) is 10.3. The van der Waals surface area contributed by atoms with E-state index < -0.39 is 0 Å². The van der Waals surface area contributed by atoms with Crippen LogP contribution in [0.1, 0.15) is 41.0 Å². The van der Waals surface area contributed by atoms with Gasteiger partial charge in [-0.05, 0) is 42.3 Å². The van der Waals surface area contributed by atoms with E-state index in [0.717, 1.165) is 11.1 Å². The highest BCUT2D eigenvalue weighted by molar-refractivity contribution is 6.33. The third-order valence-electron chi connectivity index (χ3n) is 4.74. The number of anilines is 1. The van der Waals surface area contributed by atoms with Crippen LogP contribution in [0.25, 0.3) is 0 Å². The Hall–Kier alpha value is -3.19. The molecule has 2 N–H and O–H groups in total. The highest BCUT2D eigenvalue weighted by Gasteiger charge is 2.20. The number of hydrogen-bond acceptors (Lipinski definition) is 3. The standard InChI is InChI=1S/C23H24ClFN4O2/c1-14(2)22(30)27-19-10-6-16(7-11-19)12-26-23(31)20-15(3)28-29(21(20)24)13-17-4-8-18(25)9-5-17/h4-11,14H,12-13H2,1-3H3,(H,26,31)(H,27,30). The molecular formula is C23H24ClFN4O2. The van der Waals surface area contributed by atoms with E-state index >= 15 is 0 Å². The molecule has 0 fully saturated rings. The van der Waals surface area contributed by atoms with Gasteiger partial charge in [0.1, 0.15) is 11.0 Å². The molecule has 31 heavy (non-hydrogen) atoms. The van der Waals surface area contributed by atoms with Crippen molar-refractivity contribution in [3.05, 3.63) is 81.9 Å². The fraction of sp³-hybridized carbons (Fsp3) is 0.261. The number of amides is 2. The summed E-state index contributed by atoms with van der Waals surface area (Å²) in [5, 5.41) is 10.2. The third-order valence-corrected chi connectivity index (χ3v) is 5.12. The minimum absolute atomic E-state index is 0.0520. The first-order valence-electron chi connectivity index (χ1n) is 9.90. The monoisotopic (exact) mass is 442 g/mol. The van der Waals surface area contributed by atoms with Crippen molar-refractivity contribution >= 4 is 29.1 Å². The smallest absolute Gasteiger partial charge is 0.256 e. The van der Waals surface area contributed by atoms with Crippen LogP contribution in [0, 0.1) is 18.7 Å². The van der Waals surface area contributed by atoms with Crippen molar-refractivity contribution in [3.8, 4) is 0 Å². The fourth-order valence-corrected chi connectivity index (χ4v) is 3.26. The van der Waals surface area contributed by atoms with Crippen LogP contribution in [0.2, 0.25) is 5.15 Å². The van der Waals surface area contributed by atoms with E-state index in [0.29, 0.717) is 30.0 Å². The molecule has 0 bridgehead atoms. The molecule has 6 nitrogen and oxygen atoms in total. The van der Waals surface area contributed by atoms with Crippen molar-refractivity contribution in [1.82, 2.24) is 15.1 Å². The number of carbonyl (C=O) groups excluding carboxylic acids is 2. The van der Waals surface area contributed by atoms with Crippen LogP contribution in [0.4, 0.5) is 10.1 Å². The van der Waals surface area contributed by atoms with Crippen LogP contribution < -0.4 is 10.6 Å². The lowest BCUT2D eigenvalue weighted by molar-refractivity contribution is -0.118. The van der Waals surface area contributed by atoms with Gasteiger partial charge in [-0.2, -0.15) is 5.10 Å². The number of rotatable bonds is 7. The predicted molar refractivity (Wildman–Crippen MR) is 119 cm³/mol. The van der Waals surface area contributed by atoms with E-state index in [4.69, 9.17) is 11.6 Å². The predicted octanol–water partition coefficient (Wildman–Crippen LogP) is 4.56. The summed E-state index contributed by atoms with van der Waals surface area (Å²) in [5.74, 6) is -0.799. The quantitative estimate of drug-likeness (QED) is 0.563. The number of aryl methyl sites for hydroxylation is 1. The van der Waals surface area contributed by atoms with Gasteiger partial charge in [0.25, 0.3) is 5.91 Å². The second-order valence-electron chi connectivity index (χ2n) is 7.56. The molecule has 0 saturated carbocycles. The lowest BCUT2D eigenvalue weighted by Crippen LogP contribution is -2.23. The Kier molecular flexibility index (Phi) is 7.07. The van der Waals surface area contributed by atoms with Crippen molar-refractivity contribution in [3.63, 3.8) is 0 Å². The summed E-state index contributed by atoms with van der Waals surface area (Å²) in [7, 11) is 0. The summed E-state index contributed by atoms with van der Waals surface area (Å²) < 4.78 is 14.6. The molecule has 1 aromatic heterocycles. The minimum Gasteiger partial charge on any atom is -0.348 e. The van der Waals surface area contributed by atoms with Crippen molar-refractivity contribution in [2.75, 3.05) is 5.32 Å². The average molecular weight is 443 g/mol. The Bertz CT molecular complexity index is 1080. The molecule has 0 aliphatic carbocycles. The third kappa shape index (κ3) is 5.70. The first kappa shape index (κ1) is 22.5. The molecule has 2 amide bonds. The number of halogens is 2. The topological polar surface area (TPSA) is 76.0 Å². The summed E-state index contributed by atoms with van der Waals surface area (Å²) in [6, 6.07) is 13.3. The SMILES string of the molecule is Cc1nn(Cc2ccc(F)cc2)c(Cl)c1C(=O)NCc1ccc(NC(=O)C(C)C)cc1. The normalized spacial score (nSPS) is 10.9. The number of aromatic nitrogens is 2. The van der Waals surface area contributed by atoms with E-state index in [-0.39, 0.29) is 28.7 Å². The van der Waals surface area contributed by atoms with Crippen LogP contribution in [0.15, 0.2) is 48.5 Å². The van der Waals surface area contributed by atoms with Gasteiger partial charge in [-0.15, -0.1) is 0 Å². The summed E-state index contributed by atoms with van der Waals surface area (Å²) in [6.07, 6.45) is 0. The van der Waals surface area contributed by atoms with E-state index in [2.05, 4.69) is 15.7 Å². The molecule has 2 aromatic carbocycles. The molecule has 0 radical (unpaired) electrons. The van der Waals surface area contributed by atoms with Crippen LogP contribution in [0.5, 0.6) is 0 Å². The van der Waals surface area contributed by atoms with Crippen LogP contribution in [-0.4, -0.2) is 21.6 Å². The Morgan fingerprint density at radius 3 is 2.29 bits per heavy atom. The van der Waals surface area contributed by atoms with Gasteiger partial charge in [0.2, 0.25) is 5.91 Å². The molecule has 3 aromatic rings. The maximum absolute atomic E-state index is 13.1. The van der Waals surface area contributed by atoms with Gasteiger partial charge in [0, 0.05) is 18.2 Å². The molecule has 0 aliphatic heterocycles. The molecule has 162 valence electrons. The molecule has 0 unspecified atom stereocenters. The van der Waals surface area contributed by atoms with E-state index in [9.17, 15) is 14.0 Å². The van der Waals surface area contributed by atoms with Gasteiger partial charge in [-0.1, -0.05) is 49.7 Å².